The average molecular weight is 155 g/mol. The van der Waals surface area contributed by atoms with E-state index in [-0.39, 0.29) is 0 Å². The zero-order valence-corrected chi connectivity index (χ0v) is 7.68. The lowest BCUT2D eigenvalue weighted by atomic mass is 9.78. The molecule has 11 heavy (non-hydrogen) atoms. The van der Waals surface area contributed by atoms with Gasteiger partial charge in [-0.3, -0.25) is 0 Å². The van der Waals surface area contributed by atoms with Gasteiger partial charge in [0.05, 0.1) is 0 Å². The van der Waals surface area contributed by atoms with Gasteiger partial charge >= 0.3 is 0 Å². The van der Waals surface area contributed by atoms with Gasteiger partial charge in [-0.2, -0.15) is 0 Å². The van der Waals surface area contributed by atoms with Gasteiger partial charge < -0.3 is 5.73 Å². The molecular weight excluding hydrogens is 134 g/mol. The van der Waals surface area contributed by atoms with Crippen LogP contribution >= 0.6 is 0 Å². The summed E-state index contributed by atoms with van der Waals surface area (Å²) < 4.78 is 0. The zero-order chi connectivity index (χ0) is 8.10. The average Bonchev–Trinajstić information content (AvgIpc) is 2.03. The van der Waals surface area contributed by atoms with E-state index < -0.39 is 0 Å². The van der Waals surface area contributed by atoms with Crippen molar-refractivity contribution in [3.05, 3.63) is 0 Å². The van der Waals surface area contributed by atoms with Crippen LogP contribution < -0.4 is 5.73 Å². The summed E-state index contributed by atoms with van der Waals surface area (Å²) in [4.78, 5) is 0. The van der Waals surface area contributed by atoms with Crippen LogP contribution in [0.25, 0.3) is 0 Å². The molecule has 1 saturated carbocycles. The Labute approximate surface area is 70.4 Å². The van der Waals surface area contributed by atoms with Crippen LogP contribution in [-0.2, 0) is 0 Å². The summed E-state index contributed by atoms with van der Waals surface area (Å²) in [6, 6.07) is 0. The number of hydrogen-bond acceptors (Lipinski definition) is 1. The van der Waals surface area contributed by atoms with Crippen LogP contribution in [0.5, 0.6) is 0 Å². The highest BCUT2D eigenvalue weighted by molar-refractivity contribution is 4.72. The number of hydrogen-bond donors (Lipinski definition) is 1. The highest BCUT2D eigenvalue weighted by Crippen LogP contribution is 2.32. The Morgan fingerprint density at radius 1 is 1.27 bits per heavy atom. The summed E-state index contributed by atoms with van der Waals surface area (Å²) in [5.41, 5.74) is 5.49. The van der Waals surface area contributed by atoms with Crippen molar-refractivity contribution in [3.8, 4) is 0 Å². The predicted octanol–water partition coefficient (Wildman–Crippen LogP) is 2.55. The molecule has 0 aromatic rings. The van der Waals surface area contributed by atoms with Gasteiger partial charge in [0.1, 0.15) is 0 Å². The maximum absolute atomic E-state index is 5.49. The van der Waals surface area contributed by atoms with Crippen molar-refractivity contribution < 1.29 is 0 Å². The van der Waals surface area contributed by atoms with E-state index in [9.17, 15) is 0 Å². The van der Waals surface area contributed by atoms with Gasteiger partial charge in [0.25, 0.3) is 0 Å². The molecule has 1 aliphatic rings. The first kappa shape index (κ1) is 9.05. The normalized spacial score (nSPS) is 32.2. The molecule has 0 heterocycles. The van der Waals surface area contributed by atoms with Crippen molar-refractivity contribution in [1.29, 1.82) is 0 Å². The maximum Gasteiger partial charge on any atom is -0.00772 e. The van der Waals surface area contributed by atoms with Crippen LogP contribution in [0.4, 0.5) is 0 Å². The lowest BCUT2D eigenvalue weighted by molar-refractivity contribution is 0.239. The summed E-state index contributed by atoms with van der Waals surface area (Å²) in [5.74, 6) is 1.96. The summed E-state index contributed by atoms with van der Waals surface area (Å²) in [5, 5.41) is 0. The Morgan fingerprint density at radius 3 is 2.64 bits per heavy atom. The third-order valence-corrected chi connectivity index (χ3v) is 3.07. The fourth-order valence-electron chi connectivity index (χ4n) is 2.20. The second-order valence-corrected chi connectivity index (χ2v) is 3.95. The zero-order valence-electron chi connectivity index (χ0n) is 7.68. The Bertz CT molecular complexity index is 101. The van der Waals surface area contributed by atoms with E-state index in [2.05, 4.69) is 6.92 Å². The molecule has 1 heteroatoms. The summed E-state index contributed by atoms with van der Waals surface area (Å²) in [7, 11) is 0. The minimum atomic E-state index is 0.878. The van der Waals surface area contributed by atoms with Crippen LogP contribution in [0.2, 0.25) is 0 Å². The third kappa shape index (κ3) is 2.82. The standard InChI is InChI=1S/C10H21N/c1-9-5-2-3-6-10(9)7-4-8-11/h9-10H,2-8,11H2,1H3. The minimum Gasteiger partial charge on any atom is -0.330 e. The van der Waals surface area contributed by atoms with E-state index in [1.54, 1.807) is 0 Å². The smallest absolute Gasteiger partial charge is 0.00772 e. The molecule has 1 fully saturated rings. The van der Waals surface area contributed by atoms with Crippen molar-refractivity contribution >= 4 is 0 Å². The first-order valence-electron chi connectivity index (χ1n) is 5.04. The largest absolute Gasteiger partial charge is 0.330 e. The van der Waals surface area contributed by atoms with Crippen molar-refractivity contribution in [3.63, 3.8) is 0 Å². The van der Waals surface area contributed by atoms with E-state index in [4.69, 9.17) is 5.73 Å². The van der Waals surface area contributed by atoms with E-state index in [0.29, 0.717) is 0 Å². The van der Waals surface area contributed by atoms with Crippen molar-refractivity contribution in [2.24, 2.45) is 17.6 Å². The lowest BCUT2D eigenvalue weighted by Crippen LogP contribution is -2.17. The topological polar surface area (TPSA) is 26.0 Å². The van der Waals surface area contributed by atoms with E-state index in [0.717, 1.165) is 18.4 Å². The Kier molecular flexibility index (Phi) is 3.92. The van der Waals surface area contributed by atoms with Crippen LogP contribution in [0.15, 0.2) is 0 Å². The van der Waals surface area contributed by atoms with E-state index in [1.165, 1.54) is 38.5 Å². The van der Waals surface area contributed by atoms with Crippen LogP contribution in [0.3, 0.4) is 0 Å². The molecule has 0 aliphatic heterocycles. The first-order valence-corrected chi connectivity index (χ1v) is 5.04. The van der Waals surface area contributed by atoms with Gasteiger partial charge in [0.15, 0.2) is 0 Å². The van der Waals surface area contributed by atoms with Gasteiger partial charge in [-0.05, 0) is 31.2 Å². The second kappa shape index (κ2) is 4.76. The Balaban J connectivity index is 2.18. The quantitative estimate of drug-likeness (QED) is 0.666. The number of rotatable bonds is 3. The van der Waals surface area contributed by atoms with Gasteiger partial charge in [-0.1, -0.05) is 32.6 Å². The molecule has 2 atom stereocenters. The van der Waals surface area contributed by atoms with Crippen LogP contribution in [0, 0.1) is 11.8 Å². The van der Waals surface area contributed by atoms with E-state index >= 15 is 0 Å². The fourth-order valence-corrected chi connectivity index (χ4v) is 2.20. The molecular formula is C10H21N. The molecule has 0 spiro atoms. The predicted molar refractivity (Wildman–Crippen MR) is 49.4 cm³/mol. The molecule has 0 saturated heterocycles. The first-order chi connectivity index (χ1) is 5.34. The molecule has 1 aliphatic carbocycles. The van der Waals surface area contributed by atoms with Crippen LogP contribution in [-0.4, -0.2) is 6.54 Å². The molecule has 0 bridgehead atoms. The molecule has 0 aromatic carbocycles. The van der Waals surface area contributed by atoms with Crippen LogP contribution in [0.1, 0.15) is 45.4 Å². The molecule has 1 nitrogen and oxygen atoms in total. The van der Waals surface area contributed by atoms with Gasteiger partial charge in [-0.25, -0.2) is 0 Å². The Hall–Kier alpha value is -0.0400. The SMILES string of the molecule is CC1CCCCC1CCCN. The van der Waals surface area contributed by atoms with Crippen molar-refractivity contribution in [2.75, 3.05) is 6.54 Å². The summed E-state index contributed by atoms with van der Waals surface area (Å²) in [6.07, 6.45) is 8.43. The molecule has 0 radical (unpaired) electrons. The summed E-state index contributed by atoms with van der Waals surface area (Å²) >= 11 is 0. The lowest BCUT2D eigenvalue weighted by Gasteiger charge is -2.28. The minimum absolute atomic E-state index is 0.878. The van der Waals surface area contributed by atoms with E-state index in [1.807, 2.05) is 0 Å². The molecule has 66 valence electrons. The van der Waals surface area contributed by atoms with Crippen molar-refractivity contribution in [1.82, 2.24) is 0 Å². The second-order valence-electron chi connectivity index (χ2n) is 3.95. The number of nitrogens with two attached hydrogens (primary N) is 1. The highest BCUT2D eigenvalue weighted by Gasteiger charge is 2.19. The Morgan fingerprint density at radius 2 is 2.00 bits per heavy atom. The highest BCUT2D eigenvalue weighted by atomic mass is 14.5. The van der Waals surface area contributed by atoms with Gasteiger partial charge in [0, 0.05) is 0 Å². The van der Waals surface area contributed by atoms with Crippen molar-refractivity contribution in [2.45, 2.75) is 45.4 Å². The van der Waals surface area contributed by atoms with Gasteiger partial charge in [-0.15, -0.1) is 0 Å². The molecule has 2 unspecified atom stereocenters. The summed E-state index contributed by atoms with van der Waals surface area (Å²) in [6.45, 7) is 3.28. The van der Waals surface area contributed by atoms with Gasteiger partial charge in [0.2, 0.25) is 0 Å². The fraction of sp³-hybridized carbons (Fsp3) is 1.00. The monoisotopic (exact) mass is 155 g/mol. The maximum atomic E-state index is 5.49. The molecule has 0 amide bonds. The molecule has 2 N–H and O–H groups in total. The molecule has 1 rings (SSSR count). The molecule has 0 aromatic heterocycles. The third-order valence-electron chi connectivity index (χ3n) is 3.07.